The summed E-state index contributed by atoms with van der Waals surface area (Å²) in [7, 11) is 2.99. The molecule has 8 nitrogen and oxygen atoms in total. The smallest absolute Gasteiger partial charge is 0.290 e. The Bertz CT molecular complexity index is 1040. The van der Waals surface area contributed by atoms with Gasteiger partial charge in [-0.1, -0.05) is 18.2 Å². The standard InChI is InChI=1S/C18H16N4O4/c1-22-18(25)14-6-4-3-5-13(14)15(21-22)17(24)20-19-16(23)11-7-9-12(26-2)10-8-11/h3-10H,1-2H3,(H,19,23)(H,20,24). The Morgan fingerprint density at radius 3 is 2.23 bits per heavy atom. The molecule has 0 aliphatic heterocycles. The highest BCUT2D eigenvalue weighted by Gasteiger charge is 2.16. The van der Waals surface area contributed by atoms with Crippen LogP contribution in [0.15, 0.2) is 53.3 Å². The maximum Gasteiger partial charge on any atom is 0.290 e. The molecule has 0 aliphatic carbocycles. The van der Waals surface area contributed by atoms with Gasteiger partial charge in [0.25, 0.3) is 17.4 Å². The van der Waals surface area contributed by atoms with Gasteiger partial charge in [0.05, 0.1) is 12.5 Å². The highest BCUT2D eigenvalue weighted by atomic mass is 16.5. The molecule has 132 valence electrons. The molecule has 1 aromatic heterocycles. The van der Waals surface area contributed by atoms with Crippen molar-refractivity contribution in [3.63, 3.8) is 0 Å². The summed E-state index contributed by atoms with van der Waals surface area (Å²) in [6.07, 6.45) is 0. The van der Waals surface area contributed by atoms with E-state index in [0.717, 1.165) is 4.68 Å². The van der Waals surface area contributed by atoms with Gasteiger partial charge in [0.15, 0.2) is 5.69 Å². The van der Waals surface area contributed by atoms with Crippen molar-refractivity contribution in [1.82, 2.24) is 20.6 Å². The fourth-order valence-corrected chi connectivity index (χ4v) is 2.45. The second-order valence-corrected chi connectivity index (χ2v) is 5.46. The van der Waals surface area contributed by atoms with Crippen LogP contribution < -0.4 is 21.1 Å². The SMILES string of the molecule is COc1ccc(C(=O)NNC(=O)c2nn(C)c(=O)c3ccccc23)cc1. The second-order valence-electron chi connectivity index (χ2n) is 5.46. The van der Waals surface area contributed by atoms with E-state index in [1.165, 1.54) is 14.2 Å². The summed E-state index contributed by atoms with van der Waals surface area (Å²) in [5, 5.41) is 4.78. The van der Waals surface area contributed by atoms with Crippen LogP contribution in [0.1, 0.15) is 20.8 Å². The molecule has 0 atom stereocenters. The largest absolute Gasteiger partial charge is 0.497 e. The molecule has 3 rings (SSSR count). The normalized spacial score (nSPS) is 10.4. The lowest BCUT2D eigenvalue weighted by Gasteiger charge is -2.10. The first-order chi connectivity index (χ1) is 12.5. The van der Waals surface area contributed by atoms with Gasteiger partial charge in [-0.25, -0.2) is 4.68 Å². The van der Waals surface area contributed by atoms with Gasteiger partial charge in [0.1, 0.15) is 5.75 Å². The third-order valence-corrected chi connectivity index (χ3v) is 3.81. The Morgan fingerprint density at radius 1 is 0.962 bits per heavy atom. The minimum atomic E-state index is -0.626. The van der Waals surface area contributed by atoms with E-state index < -0.39 is 11.8 Å². The molecule has 0 unspecified atom stereocenters. The summed E-state index contributed by atoms with van der Waals surface area (Å²) in [5.74, 6) is -0.500. The van der Waals surface area contributed by atoms with Gasteiger partial charge in [-0.2, -0.15) is 5.10 Å². The van der Waals surface area contributed by atoms with Crippen LogP contribution in [0.2, 0.25) is 0 Å². The van der Waals surface area contributed by atoms with Crippen molar-refractivity contribution < 1.29 is 14.3 Å². The number of benzene rings is 2. The van der Waals surface area contributed by atoms with Gasteiger partial charge in [-0.05, 0) is 30.3 Å². The molecule has 2 N–H and O–H groups in total. The molecule has 2 amide bonds. The molecule has 0 radical (unpaired) electrons. The van der Waals surface area contributed by atoms with Crippen molar-refractivity contribution >= 4 is 22.6 Å². The van der Waals surface area contributed by atoms with E-state index >= 15 is 0 Å². The Kier molecular flexibility index (Phi) is 4.66. The maximum absolute atomic E-state index is 12.4. The van der Waals surface area contributed by atoms with Crippen LogP contribution in [-0.4, -0.2) is 28.7 Å². The Hall–Kier alpha value is -3.68. The summed E-state index contributed by atoms with van der Waals surface area (Å²) < 4.78 is 6.11. The maximum atomic E-state index is 12.4. The van der Waals surface area contributed by atoms with Crippen LogP contribution in [0.4, 0.5) is 0 Å². The number of hydrogen-bond acceptors (Lipinski definition) is 5. The van der Waals surface area contributed by atoms with Crippen LogP contribution in [0.5, 0.6) is 5.75 Å². The number of hydrogen-bond donors (Lipinski definition) is 2. The number of ether oxygens (including phenoxy) is 1. The number of carbonyl (C=O) groups is 2. The average Bonchev–Trinajstić information content (AvgIpc) is 2.68. The summed E-state index contributed by atoms with van der Waals surface area (Å²) in [5.41, 5.74) is 4.73. The first-order valence-electron chi connectivity index (χ1n) is 7.72. The first kappa shape index (κ1) is 17.2. The van der Waals surface area contributed by atoms with Crippen molar-refractivity contribution in [2.24, 2.45) is 7.05 Å². The molecule has 0 spiro atoms. The topological polar surface area (TPSA) is 102 Å². The Balaban J connectivity index is 1.80. The quantitative estimate of drug-likeness (QED) is 0.685. The monoisotopic (exact) mass is 352 g/mol. The third-order valence-electron chi connectivity index (χ3n) is 3.81. The number of amides is 2. The zero-order valence-electron chi connectivity index (χ0n) is 14.1. The number of hydrazine groups is 1. The molecule has 2 aromatic carbocycles. The van der Waals surface area contributed by atoms with E-state index in [2.05, 4.69) is 16.0 Å². The fraction of sp³-hybridized carbons (Fsp3) is 0.111. The summed E-state index contributed by atoms with van der Waals surface area (Å²) in [6.45, 7) is 0. The average molecular weight is 352 g/mol. The number of fused-ring (bicyclic) bond motifs is 1. The molecule has 0 aliphatic rings. The lowest BCUT2D eigenvalue weighted by atomic mass is 10.1. The molecule has 3 aromatic rings. The van der Waals surface area contributed by atoms with Gasteiger partial charge in [0, 0.05) is 18.0 Å². The van der Waals surface area contributed by atoms with E-state index in [1.807, 2.05) is 0 Å². The Labute approximate surface area is 148 Å². The van der Waals surface area contributed by atoms with Crippen LogP contribution >= 0.6 is 0 Å². The van der Waals surface area contributed by atoms with Gasteiger partial charge < -0.3 is 4.74 Å². The van der Waals surface area contributed by atoms with Crippen LogP contribution in [-0.2, 0) is 7.05 Å². The van der Waals surface area contributed by atoms with Gasteiger partial charge in [-0.15, -0.1) is 0 Å². The molecule has 1 heterocycles. The second kappa shape index (κ2) is 7.06. The molecule has 0 saturated carbocycles. The lowest BCUT2D eigenvalue weighted by Crippen LogP contribution is -2.42. The van der Waals surface area contributed by atoms with E-state index in [-0.39, 0.29) is 11.3 Å². The van der Waals surface area contributed by atoms with Crippen molar-refractivity contribution in [2.75, 3.05) is 7.11 Å². The van der Waals surface area contributed by atoms with E-state index in [0.29, 0.717) is 22.1 Å². The summed E-state index contributed by atoms with van der Waals surface area (Å²) >= 11 is 0. The summed E-state index contributed by atoms with van der Waals surface area (Å²) in [4.78, 5) is 36.7. The molecule has 8 heteroatoms. The van der Waals surface area contributed by atoms with E-state index in [4.69, 9.17) is 4.74 Å². The number of methoxy groups -OCH3 is 1. The van der Waals surface area contributed by atoms with Gasteiger partial charge >= 0.3 is 0 Å². The van der Waals surface area contributed by atoms with Crippen molar-refractivity contribution in [3.8, 4) is 5.75 Å². The van der Waals surface area contributed by atoms with Crippen LogP contribution in [0, 0.1) is 0 Å². The van der Waals surface area contributed by atoms with Gasteiger partial charge in [-0.3, -0.25) is 25.2 Å². The van der Waals surface area contributed by atoms with Crippen LogP contribution in [0.25, 0.3) is 10.8 Å². The minimum absolute atomic E-state index is 0.0396. The van der Waals surface area contributed by atoms with Crippen molar-refractivity contribution in [1.29, 1.82) is 0 Å². The van der Waals surface area contributed by atoms with E-state index in [1.54, 1.807) is 48.5 Å². The van der Waals surface area contributed by atoms with Crippen molar-refractivity contribution in [3.05, 3.63) is 70.1 Å². The number of rotatable bonds is 3. The lowest BCUT2D eigenvalue weighted by molar-refractivity contribution is 0.0844. The van der Waals surface area contributed by atoms with Crippen LogP contribution in [0.3, 0.4) is 0 Å². The Morgan fingerprint density at radius 2 is 1.58 bits per heavy atom. The first-order valence-corrected chi connectivity index (χ1v) is 7.72. The molecule has 26 heavy (non-hydrogen) atoms. The predicted octanol–water partition coefficient (Wildman–Crippen LogP) is 1.02. The third kappa shape index (κ3) is 3.25. The summed E-state index contributed by atoms with van der Waals surface area (Å²) in [6, 6.07) is 13.1. The number of aromatic nitrogens is 2. The minimum Gasteiger partial charge on any atom is -0.497 e. The highest BCUT2D eigenvalue weighted by Crippen LogP contribution is 2.13. The molecule has 0 saturated heterocycles. The zero-order chi connectivity index (χ0) is 18.7. The fourth-order valence-electron chi connectivity index (χ4n) is 2.45. The molecular weight excluding hydrogens is 336 g/mol. The predicted molar refractivity (Wildman–Crippen MR) is 94.9 cm³/mol. The molecular formula is C18H16N4O4. The number of nitrogens with zero attached hydrogens (tertiary/aromatic N) is 2. The molecule has 0 fully saturated rings. The van der Waals surface area contributed by atoms with E-state index in [9.17, 15) is 14.4 Å². The van der Waals surface area contributed by atoms with Crippen molar-refractivity contribution in [2.45, 2.75) is 0 Å². The number of carbonyl (C=O) groups excluding carboxylic acids is 2. The highest BCUT2D eigenvalue weighted by molar-refractivity contribution is 6.06. The molecule has 0 bridgehead atoms. The number of nitrogens with one attached hydrogen (secondary N) is 2. The van der Waals surface area contributed by atoms with Gasteiger partial charge in [0.2, 0.25) is 0 Å². The zero-order valence-corrected chi connectivity index (χ0v) is 14.1. The number of aryl methyl sites for hydroxylation is 1.